The fraction of sp³-hybridized carbons (Fsp3) is 0.500. The summed E-state index contributed by atoms with van der Waals surface area (Å²) in [6.07, 6.45) is 0.586. The molecule has 0 amide bonds. The summed E-state index contributed by atoms with van der Waals surface area (Å²) in [5, 5.41) is 0. The molecular formula is C16H20O10. The number of rotatable bonds is 6. The van der Waals surface area contributed by atoms with Crippen LogP contribution < -0.4 is 11.6 Å². The molecule has 2 aromatic rings. The van der Waals surface area contributed by atoms with E-state index in [1.165, 1.54) is 0 Å². The standard InChI is InChI=1S/2C8H10O5/c2*1-3-7(9)11-4-6-5(2)12-8(10)13-6/h2*3-4H2,1-2H3. The van der Waals surface area contributed by atoms with Gasteiger partial charge in [-0.15, -0.1) is 0 Å². The van der Waals surface area contributed by atoms with E-state index in [9.17, 15) is 19.2 Å². The number of esters is 2. The molecule has 0 N–H and O–H groups in total. The number of hydrogen-bond acceptors (Lipinski definition) is 10. The van der Waals surface area contributed by atoms with Gasteiger partial charge in [-0.25, -0.2) is 9.59 Å². The first-order valence-corrected chi connectivity index (χ1v) is 7.76. The Morgan fingerprint density at radius 1 is 0.731 bits per heavy atom. The summed E-state index contributed by atoms with van der Waals surface area (Å²) >= 11 is 0. The lowest BCUT2D eigenvalue weighted by atomic mass is 10.4. The molecule has 0 aliphatic heterocycles. The zero-order chi connectivity index (χ0) is 19.7. The van der Waals surface area contributed by atoms with Crippen molar-refractivity contribution in [1.29, 1.82) is 0 Å². The van der Waals surface area contributed by atoms with Crippen LogP contribution in [0.1, 0.15) is 49.7 Å². The highest BCUT2D eigenvalue weighted by molar-refractivity contribution is 5.69. The second-order valence-electron chi connectivity index (χ2n) is 4.90. The van der Waals surface area contributed by atoms with Crippen molar-refractivity contribution in [1.82, 2.24) is 0 Å². The van der Waals surface area contributed by atoms with E-state index in [0.29, 0.717) is 24.4 Å². The molecule has 0 radical (unpaired) electrons. The van der Waals surface area contributed by atoms with Gasteiger partial charge in [-0.05, 0) is 13.8 Å². The second kappa shape index (κ2) is 10.1. The Morgan fingerprint density at radius 3 is 1.31 bits per heavy atom. The molecule has 0 atom stereocenters. The molecule has 0 spiro atoms. The van der Waals surface area contributed by atoms with Crippen LogP contribution in [0.25, 0.3) is 0 Å². The Hall–Kier alpha value is -3.04. The van der Waals surface area contributed by atoms with Crippen LogP contribution >= 0.6 is 0 Å². The van der Waals surface area contributed by atoms with E-state index in [2.05, 4.69) is 17.7 Å². The first-order chi connectivity index (χ1) is 12.3. The fourth-order valence-corrected chi connectivity index (χ4v) is 1.51. The van der Waals surface area contributed by atoms with Gasteiger partial charge in [0.25, 0.3) is 0 Å². The molecule has 10 heteroatoms. The number of hydrogen-bond donors (Lipinski definition) is 0. The number of ether oxygens (including phenoxy) is 2. The van der Waals surface area contributed by atoms with Gasteiger partial charge in [0, 0.05) is 12.8 Å². The Labute approximate surface area is 147 Å². The Balaban J connectivity index is 0.000000260. The van der Waals surface area contributed by atoms with Gasteiger partial charge in [-0.2, -0.15) is 0 Å². The summed E-state index contributed by atoms with van der Waals surface area (Å²) in [6, 6.07) is 0. The van der Waals surface area contributed by atoms with Gasteiger partial charge in [0.15, 0.2) is 36.3 Å². The molecule has 0 saturated heterocycles. The zero-order valence-electron chi connectivity index (χ0n) is 14.9. The third-order valence-electron chi connectivity index (χ3n) is 2.98. The Morgan fingerprint density at radius 2 is 1.08 bits per heavy atom. The van der Waals surface area contributed by atoms with Gasteiger partial charge in [0.05, 0.1) is 0 Å². The third-order valence-corrected chi connectivity index (χ3v) is 2.98. The largest absolute Gasteiger partial charge is 0.519 e. The number of aryl methyl sites for hydroxylation is 2. The normalized spacial score (nSPS) is 10.0. The average molecular weight is 372 g/mol. The number of carbonyl (C=O) groups is 2. The summed E-state index contributed by atoms with van der Waals surface area (Å²) in [5.41, 5.74) is 0. The molecule has 0 unspecified atom stereocenters. The first-order valence-electron chi connectivity index (χ1n) is 7.76. The maximum atomic E-state index is 10.7. The van der Waals surface area contributed by atoms with Gasteiger partial charge in [-0.3, -0.25) is 9.59 Å². The van der Waals surface area contributed by atoms with Crippen molar-refractivity contribution >= 4 is 11.9 Å². The van der Waals surface area contributed by atoms with Crippen LogP contribution in [0.4, 0.5) is 0 Å². The molecule has 0 saturated carbocycles. The maximum absolute atomic E-state index is 10.7. The summed E-state index contributed by atoms with van der Waals surface area (Å²) in [5.74, 6) is -1.05. The summed E-state index contributed by atoms with van der Waals surface area (Å²) in [6.45, 7) is 6.40. The first kappa shape index (κ1) is 21.0. The highest BCUT2D eigenvalue weighted by atomic mass is 16.6. The zero-order valence-corrected chi connectivity index (χ0v) is 14.9. The van der Waals surface area contributed by atoms with Gasteiger partial charge < -0.3 is 27.1 Å². The maximum Gasteiger partial charge on any atom is 0.519 e. The molecule has 0 aromatic carbocycles. The predicted octanol–water partition coefficient (Wildman–Crippen LogP) is 1.99. The van der Waals surface area contributed by atoms with Gasteiger partial charge in [0.1, 0.15) is 0 Å². The highest BCUT2D eigenvalue weighted by Gasteiger charge is 2.10. The van der Waals surface area contributed by atoms with Crippen LogP contribution in [0.3, 0.4) is 0 Å². The smallest absolute Gasteiger partial charge is 0.457 e. The Kier molecular flexibility index (Phi) is 8.13. The lowest BCUT2D eigenvalue weighted by molar-refractivity contribution is -0.146. The molecule has 0 aliphatic carbocycles. The monoisotopic (exact) mass is 372 g/mol. The molecule has 0 bridgehead atoms. The summed E-state index contributed by atoms with van der Waals surface area (Å²) in [4.78, 5) is 42.6. The quantitative estimate of drug-likeness (QED) is 0.691. The molecule has 2 rings (SSSR count). The van der Waals surface area contributed by atoms with Gasteiger partial charge in [-0.1, -0.05) is 13.8 Å². The molecular weight excluding hydrogens is 352 g/mol. The SMILES string of the molecule is CCC(=O)OCc1oc(=O)oc1C.CCC(=O)OCc1oc(=O)oc1C. The summed E-state index contributed by atoms with van der Waals surface area (Å²) in [7, 11) is 0. The highest BCUT2D eigenvalue weighted by Crippen LogP contribution is 2.07. The van der Waals surface area contributed by atoms with E-state index >= 15 is 0 Å². The lowest BCUT2D eigenvalue weighted by Gasteiger charge is -1.98. The molecule has 0 fully saturated rings. The molecule has 2 heterocycles. The van der Waals surface area contributed by atoms with Gasteiger partial charge in [0.2, 0.25) is 0 Å². The minimum absolute atomic E-state index is 0.0513. The van der Waals surface area contributed by atoms with Crippen molar-refractivity contribution in [3.8, 4) is 0 Å². The minimum atomic E-state index is -0.778. The van der Waals surface area contributed by atoms with Crippen molar-refractivity contribution in [3.05, 3.63) is 44.3 Å². The number of carbonyl (C=O) groups excluding carboxylic acids is 2. The van der Waals surface area contributed by atoms with Crippen molar-refractivity contribution < 1.29 is 36.7 Å². The van der Waals surface area contributed by atoms with Crippen LogP contribution in [0.15, 0.2) is 27.3 Å². The van der Waals surface area contributed by atoms with Crippen LogP contribution in [-0.4, -0.2) is 11.9 Å². The van der Waals surface area contributed by atoms with E-state index in [1.807, 2.05) is 0 Å². The second-order valence-corrected chi connectivity index (χ2v) is 4.90. The van der Waals surface area contributed by atoms with Crippen molar-refractivity contribution in [3.63, 3.8) is 0 Å². The van der Waals surface area contributed by atoms with Crippen LogP contribution in [0, 0.1) is 13.8 Å². The van der Waals surface area contributed by atoms with Gasteiger partial charge >= 0.3 is 23.6 Å². The lowest BCUT2D eigenvalue weighted by Crippen LogP contribution is -2.02. The third kappa shape index (κ3) is 6.83. The summed E-state index contributed by atoms with van der Waals surface area (Å²) < 4.78 is 27.8. The van der Waals surface area contributed by atoms with E-state index in [1.54, 1.807) is 27.7 Å². The minimum Gasteiger partial charge on any atom is -0.457 e. The van der Waals surface area contributed by atoms with Crippen LogP contribution in [0.2, 0.25) is 0 Å². The van der Waals surface area contributed by atoms with E-state index in [-0.39, 0.29) is 36.7 Å². The van der Waals surface area contributed by atoms with Crippen molar-refractivity contribution in [2.75, 3.05) is 0 Å². The van der Waals surface area contributed by atoms with Crippen molar-refractivity contribution in [2.45, 2.75) is 53.8 Å². The fourth-order valence-electron chi connectivity index (χ4n) is 1.51. The van der Waals surface area contributed by atoms with E-state index in [4.69, 9.17) is 9.47 Å². The van der Waals surface area contributed by atoms with E-state index < -0.39 is 11.6 Å². The molecule has 10 nitrogen and oxygen atoms in total. The van der Waals surface area contributed by atoms with E-state index in [0.717, 1.165) is 0 Å². The predicted molar refractivity (Wildman–Crippen MR) is 84.1 cm³/mol. The molecule has 2 aromatic heterocycles. The molecule has 26 heavy (non-hydrogen) atoms. The van der Waals surface area contributed by atoms with Crippen LogP contribution in [0.5, 0.6) is 0 Å². The molecule has 0 aliphatic rings. The topological polar surface area (TPSA) is 139 Å². The molecule has 144 valence electrons. The van der Waals surface area contributed by atoms with Crippen molar-refractivity contribution in [2.24, 2.45) is 0 Å². The Bertz CT molecular complexity index is 762. The van der Waals surface area contributed by atoms with Crippen LogP contribution in [-0.2, 0) is 32.3 Å². The average Bonchev–Trinajstić information content (AvgIpc) is 3.10.